The van der Waals surface area contributed by atoms with Crippen LogP contribution in [0.25, 0.3) is 33.4 Å². The van der Waals surface area contributed by atoms with Gasteiger partial charge in [-0.2, -0.15) is 10.1 Å². The highest BCUT2D eigenvalue weighted by molar-refractivity contribution is 6.05. The normalized spacial score (nSPS) is 17.2. The number of hydrogen-bond acceptors (Lipinski definition) is 11. The van der Waals surface area contributed by atoms with Gasteiger partial charge in [-0.05, 0) is 97.8 Å². The van der Waals surface area contributed by atoms with Crippen molar-refractivity contribution in [1.29, 1.82) is 0 Å². The standard InChI is InChI=1S/C48H54FN11O4/c1-29-24-33(6-12-37(29)30(2)51-45(62)44-53-46(64-56-44)48(3,4)5)42-38-25-34(27-50-43(38)55-54-42)32-7-13-40(39(49)26-32)59-22-20-57(21-23-59)28-31-14-17-58(18-15-31)35-8-10-36(11-9-35)60-19-16-41(61)52-47(60)63/h6-13,24-27,30-31H,14-23,28H2,1-5H3,(H,51,62)(H,50,54,55)(H,52,61,63). The fourth-order valence-corrected chi connectivity index (χ4v) is 9.06. The van der Waals surface area contributed by atoms with E-state index in [9.17, 15) is 14.4 Å². The molecule has 6 heterocycles. The number of fused-ring (bicyclic) bond motifs is 1. The second-order valence-electron chi connectivity index (χ2n) is 18.3. The van der Waals surface area contributed by atoms with Gasteiger partial charge in [-0.25, -0.2) is 14.2 Å². The molecular weight excluding hydrogens is 814 g/mol. The number of hydrogen-bond donors (Lipinski definition) is 3. The maximum Gasteiger partial charge on any atom is 0.328 e. The van der Waals surface area contributed by atoms with E-state index < -0.39 is 5.91 Å². The predicted molar refractivity (Wildman–Crippen MR) is 244 cm³/mol. The molecule has 3 aliphatic rings. The first-order valence-corrected chi connectivity index (χ1v) is 22.1. The molecule has 1 unspecified atom stereocenters. The summed E-state index contributed by atoms with van der Waals surface area (Å²) < 4.78 is 21.2. The van der Waals surface area contributed by atoms with Gasteiger partial charge in [-0.3, -0.25) is 29.8 Å². The van der Waals surface area contributed by atoms with Gasteiger partial charge >= 0.3 is 6.03 Å². The van der Waals surface area contributed by atoms with E-state index in [0.29, 0.717) is 36.1 Å². The van der Waals surface area contributed by atoms with E-state index in [1.807, 2.05) is 77.1 Å². The third-order valence-corrected chi connectivity index (χ3v) is 12.8. The van der Waals surface area contributed by atoms with E-state index in [1.54, 1.807) is 17.2 Å². The first kappa shape index (κ1) is 42.6. The monoisotopic (exact) mass is 867 g/mol. The minimum atomic E-state index is -0.407. The van der Waals surface area contributed by atoms with Gasteiger partial charge in [-0.1, -0.05) is 44.1 Å². The minimum Gasteiger partial charge on any atom is -0.372 e. The summed E-state index contributed by atoms with van der Waals surface area (Å²) in [4.78, 5) is 54.3. The van der Waals surface area contributed by atoms with Gasteiger partial charge in [0.1, 0.15) is 5.82 Å². The van der Waals surface area contributed by atoms with E-state index in [0.717, 1.165) is 109 Å². The summed E-state index contributed by atoms with van der Waals surface area (Å²) in [6.07, 6.45) is 4.24. The number of carbonyl (C=O) groups excluding carboxylic acids is 3. The zero-order valence-corrected chi connectivity index (χ0v) is 36.9. The number of amides is 4. The first-order valence-electron chi connectivity index (χ1n) is 22.1. The average Bonchev–Trinajstić information content (AvgIpc) is 3.96. The molecule has 3 aliphatic heterocycles. The molecular formula is C48H54FN11O4. The Kier molecular flexibility index (Phi) is 11.6. The number of nitrogens with zero attached hydrogens (tertiary/aromatic N) is 8. The minimum absolute atomic E-state index is 0.00130. The van der Waals surface area contributed by atoms with Crippen LogP contribution in [0.1, 0.15) is 80.6 Å². The summed E-state index contributed by atoms with van der Waals surface area (Å²) in [6, 6.07) is 20.8. The molecule has 9 rings (SSSR count). The van der Waals surface area contributed by atoms with Crippen LogP contribution in [0.4, 0.5) is 26.2 Å². The highest BCUT2D eigenvalue weighted by Crippen LogP contribution is 2.34. The van der Waals surface area contributed by atoms with Crippen molar-refractivity contribution in [2.75, 3.05) is 67.1 Å². The van der Waals surface area contributed by atoms with Gasteiger partial charge in [0.25, 0.3) is 11.7 Å². The summed E-state index contributed by atoms with van der Waals surface area (Å²) in [7, 11) is 0. The van der Waals surface area contributed by atoms with E-state index >= 15 is 4.39 Å². The number of aromatic amines is 1. The predicted octanol–water partition coefficient (Wildman–Crippen LogP) is 7.40. The number of piperazine rings is 1. The highest BCUT2D eigenvalue weighted by atomic mass is 19.1. The lowest BCUT2D eigenvalue weighted by molar-refractivity contribution is -0.120. The topological polar surface area (TPSA) is 169 Å². The maximum atomic E-state index is 15.9. The molecule has 1 atom stereocenters. The molecule has 0 saturated carbocycles. The number of pyridine rings is 1. The Morgan fingerprint density at radius 3 is 2.31 bits per heavy atom. The molecule has 3 N–H and O–H groups in total. The van der Waals surface area contributed by atoms with E-state index in [4.69, 9.17) is 4.52 Å². The summed E-state index contributed by atoms with van der Waals surface area (Å²) in [5.74, 6) is 0.112. The van der Waals surface area contributed by atoms with Crippen LogP contribution < -0.4 is 25.3 Å². The third-order valence-electron chi connectivity index (χ3n) is 12.8. The quantitative estimate of drug-likeness (QED) is 0.126. The van der Waals surface area contributed by atoms with Crippen molar-refractivity contribution in [2.45, 2.75) is 65.3 Å². The lowest BCUT2D eigenvalue weighted by atomic mass is 9.95. The number of imide groups is 1. The zero-order valence-electron chi connectivity index (χ0n) is 36.9. The van der Waals surface area contributed by atoms with Crippen molar-refractivity contribution in [3.8, 4) is 22.4 Å². The number of nitrogens with one attached hydrogen (secondary N) is 3. The van der Waals surface area contributed by atoms with Crippen LogP contribution in [0, 0.1) is 18.7 Å². The molecule has 16 heteroatoms. The van der Waals surface area contributed by atoms with Crippen LogP contribution in [-0.4, -0.2) is 100 Å². The fourth-order valence-electron chi connectivity index (χ4n) is 9.06. The molecule has 0 bridgehead atoms. The van der Waals surface area contributed by atoms with E-state index in [-0.39, 0.29) is 35.0 Å². The maximum absolute atomic E-state index is 15.9. The fraction of sp³-hybridized carbons (Fsp3) is 0.396. The van der Waals surface area contributed by atoms with Crippen LogP contribution >= 0.6 is 0 Å². The number of urea groups is 1. The smallest absolute Gasteiger partial charge is 0.328 e. The lowest BCUT2D eigenvalue weighted by Gasteiger charge is -2.40. The van der Waals surface area contributed by atoms with E-state index in [2.05, 4.69) is 68.9 Å². The lowest BCUT2D eigenvalue weighted by Crippen LogP contribution is -2.49. The Labute approximate surface area is 371 Å². The second-order valence-corrected chi connectivity index (χ2v) is 18.3. The number of benzene rings is 3. The van der Waals surface area contributed by atoms with Gasteiger partial charge in [0.2, 0.25) is 11.8 Å². The number of piperidine rings is 1. The van der Waals surface area contributed by atoms with Gasteiger partial charge in [-0.15, -0.1) is 0 Å². The largest absolute Gasteiger partial charge is 0.372 e. The Hall–Kier alpha value is -6.68. The highest BCUT2D eigenvalue weighted by Gasteiger charge is 2.28. The number of halogens is 1. The van der Waals surface area contributed by atoms with Gasteiger partial charge in [0.05, 0.1) is 17.4 Å². The van der Waals surface area contributed by atoms with Gasteiger partial charge < -0.3 is 19.6 Å². The van der Waals surface area contributed by atoms with Crippen LogP contribution in [0.5, 0.6) is 0 Å². The van der Waals surface area contributed by atoms with Crippen molar-refractivity contribution in [3.63, 3.8) is 0 Å². The Balaban J connectivity index is 0.783. The summed E-state index contributed by atoms with van der Waals surface area (Å²) >= 11 is 0. The Bertz CT molecular complexity index is 2690. The van der Waals surface area contributed by atoms with Gasteiger partial charge in [0, 0.05) is 98.3 Å². The molecule has 332 valence electrons. The number of H-pyrrole nitrogens is 1. The first-order chi connectivity index (χ1) is 30.8. The molecule has 64 heavy (non-hydrogen) atoms. The molecule has 3 aromatic carbocycles. The molecule has 0 spiro atoms. The zero-order chi connectivity index (χ0) is 44.7. The number of rotatable bonds is 10. The molecule has 0 radical (unpaired) electrons. The summed E-state index contributed by atoms with van der Waals surface area (Å²) in [6.45, 7) is 16.4. The van der Waals surface area contributed by atoms with E-state index in [1.165, 1.54) is 0 Å². The van der Waals surface area contributed by atoms with Crippen molar-refractivity contribution >= 4 is 45.9 Å². The summed E-state index contributed by atoms with van der Waals surface area (Å²) in [5.41, 5.74) is 7.92. The van der Waals surface area contributed by atoms with Crippen LogP contribution in [0.2, 0.25) is 0 Å². The Morgan fingerprint density at radius 2 is 1.62 bits per heavy atom. The molecule has 15 nitrogen and oxygen atoms in total. The van der Waals surface area contributed by atoms with Crippen LogP contribution in [0.3, 0.4) is 0 Å². The molecule has 3 aromatic heterocycles. The summed E-state index contributed by atoms with van der Waals surface area (Å²) in [5, 5.41) is 17.7. The number of carbonyl (C=O) groups is 3. The Morgan fingerprint density at radius 1 is 0.891 bits per heavy atom. The average molecular weight is 868 g/mol. The van der Waals surface area contributed by atoms with Crippen molar-refractivity contribution in [3.05, 3.63) is 102 Å². The molecule has 4 amide bonds. The van der Waals surface area contributed by atoms with Gasteiger partial charge in [0.15, 0.2) is 5.65 Å². The third kappa shape index (κ3) is 8.91. The van der Waals surface area contributed by atoms with Crippen LogP contribution in [0.15, 0.2) is 77.4 Å². The van der Waals surface area contributed by atoms with Crippen molar-refractivity contribution in [2.24, 2.45) is 5.92 Å². The number of aryl methyl sites for hydroxylation is 1. The van der Waals surface area contributed by atoms with Crippen molar-refractivity contribution < 1.29 is 23.3 Å². The molecule has 0 aliphatic carbocycles. The molecule has 6 aromatic rings. The SMILES string of the molecule is Cc1cc(-c2[nH]nc3ncc(-c4ccc(N5CCN(CC6CCN(c7ccc(N8CCC(=O)NC8=O)cc7)CC6)CC5)c(F)c4)cc23)ccc1C(C)NC(=O)c1noc(C(C)(C)C)n1. The number of aromatic nitrogens is 5. The van der Waals surface area contributed by atoms with Crippen molar-refractivity contribution in [1.82, 2.24) is 40.9 Å². The van der Waals surface area contributed by atoms with Crippen LogP contribution in [-0.2, 0) is 10.2 Å². The molecule has 3 fully saturated rings. The second kappa shape index (κ2) is 17.5. The number of anilines is 3. The molecule has 3 saturated heterocycles.